The second kappa shape index (κ2) is 18.7. The highest BCUT2D eigenvalue weighted by Crippen LogP contribution is 2.14. The molecule has 0 aromatic carbocycles. The molecule has 0 fully saturated rings. The monoisotopic (exact) mass is 343 g/mol. The zero-order valence-electron chi connectivity index (χ0n) is 15.9. The lowest BCUT2D eigenvalue weighted by Crippen LogP contribution is -2.25. The standard InChI is InChI=1S/C20H41NO3/c1-2-3-4-11-14-19(23)15-12-9-7-5-6-8-10-13-16-20(24)21-17-18-22/h19,22-23H,2-18H2,1H3,(H,21,24)/t19-/m1/s1. The summed E-state index contributed by atoms with van der Waals surface area (Å²) in [5.74, 6) is 0.0531. The zero-order valence-corrected chi connectivity index (χ0v) is 15.9. The van der Waals surface area contributed by atoms with Crippen molar-refractivity contribution < 1.29 is 15.0 Å². The van der Waals surface area contributed by atoms with Gasteiger partial charge in [0.2, 0.25) is 5.91 Å². The van der Waals surface area contributed by atoms with Gasteiger partial charge in [0, 0.05) is 13.0 Å². The molecule has 3 N–H and O–H groups in total. The third-order valence-corrected chi connectivity index (χ3v) is 4.52. The predicted octanol–water partition coefficient (Wildman–Crippen LogP) is 4.33. The van der Waals surface area contributed by atoms with Gasteiger partial charge < -0.3 is 15.5 Å². The number of hydrogen-bond donors (Lipinski definition) is 3. The maximum Gasteiger partial charge on any atom is 0.220 e. The summed E-state index contributed by atoms with van der Waals surface area (Å²) in [6.45, 7) is 2.60. The van der Waals surface area contributed by atoms with E-state index in [1.807, 2.05) is 0 Å². The van der Waals surface area contributed by atoms with Gasteiger partial charge in [0.15, 0.2) is 0 Å². The van der Waals surface area contributed by atoms with Crippen molar-refractivity contribution in [3.8, 4) is 0 Å². The van der Waals surface area contributed by atoms with E-state index in [4.69, 9.17) is 5.11 Å². The zero-order chi connectivity index (χ0) is 17.9. The number of aliphatic hydroxyl groups is 2. The van der Waals surface area contributed by atoms with Gasteiger partial charge in [-0.25, -0.2) is 0 Å². The van der Waals surface area contributed by atoms with Gasteiger partial charge in [-0.15, -0.1) is 0 Å². The average molecular weight is 344 g/mol. The number of hydrogen-bond acceptors (Lipinski definition) is 3. The lowest BCUT2D eigenvalue weighted by atomic mass is 10.0. The molecule has 4 nitrogen and oxygen atoms in total. The minimum Gasteiger partial charge on any atom is -0.395 e. The van der Waals surface area contributed by atoms with Crippen LogP contribution in [0.15, 0.2) is 0 Å². The summed E-state index contributed by atoms with van der Waals surface area (Å²) >= 11 is 0. The number of unbranched alkanes of at least 4 members (excludes halogenated alkanes) is 10. The van der Waals surface area contributed by atoms with Crippen LogP contribution < -0.4 is 5.32 Å². The van der Waals surface area contributed by atoms with Crippen molar-refractivity contribution in [2.45, 2.75) is 109 Å². The smallest absolute Gasteiger partial charge is 0.220 e. The third-order valence-electron chi connectivity index (χ3n) is 4.52. The highest BCUT2D eigenvalue weighted by Gasteiger charge is 2.03. The summed E-state index contributed by atoms with van der Waals surface area (Å²) in [7, 11) is 0. The summed E-state index contributed by atoms with van der Waals surface area (Å²) in [5.41, 5.74) is 0. The Morgan fingerprint density at radius 3 is 1.88 bits per heavy atom. The molecular weight excluding hydrogens is 302 g/mol. The van der Waals surface area contributed by atoms with Crippen molar-refractivity contribution >= 4 is 5.91 Å². The number of nitrogens with one attached hydrogen (secondary N) is 1. The Morgan fingerprint density at radius 1 is 0.833 bits per heavy atom. The van der Waals surface area contributed by atoms with Gasteiger partial charge in [-0.2, -0.15) is 0 Å². The number of aliphatic hydroxyl groups excluding tert-OH is 2. The second-order valence-corrected chi connectivity index (χ2v) is 6.94. The van der Waals surface area contributed by atoms with Crippen LogP contribution in [0.3, 0.4) is 0 Å². The van der Waals surface area contributed by atoms with Crippen LogP contribution in [-0.2, 0) is 4.79 Å². The van der Waals surface area contributed by atoms with Gasteiger partial charge >= 0.3 is 0 Å². The fraction of sp³-hybridized carbons (Fsp3) is 0.950. The molecule has 0 aliphatic rings. The van der Waals surface area contributed by atoms with Crippen molar-refractivity contribution in [1.29, 1.82) is 0 Å². The third kappa shape index (κ3) is 17.7. The van der Waals surface area contributed by atoms with E-state index in [0.29, 0.717) is 13.0 Å². The molecule has 0 bridgehead atoms. The van der Waals surface area contributed by atoms with Crippen LogP contribution in [0.25, 0.3) is 0 Å². The fourth-order valence-electron chi connectivity index (χ4n) is 2.96. The molecule has 0 aliphatic carbocycles. The van der Waals surface area contributed by atoms with E-state index in [0.717, 1.165) is 32.1 Å². The first-order valence-electron chi connectivity index (χ1n) is 10.3. The van der Waals surface area contributed by atoms with Gasteiger partial charge in [-0.1, -0.05) is 77.6 Å². The van der Waals surface area contributed by atoms with Gasteiger partial charge in [0.1, 0.15) is 0 Å². The van der Waals surface area contributed by atoms with Gasteiger partial charge in [-0.3, -0.25) is 4.79 Å². The Labute approximate surface area is 149 Å². The first-order valence-corrected chi connectivity index (χ1v) is 10.3. The molecule has 1 amide bonds. The minimum atomic E-state index is -0.0844. The summed E-state index contributed by atoms with van der Waals surface area (Å²) in [5, 5.41) is 21.2. The topological polar surface area (TPSA) is 69.6 Å². The number of rotatable bonds is 18. The van der Waals surface area contributed by atoms with Crippen LogP contribution in [0.5, 0.6) is 0 Å². The van der Waals surface area contributed by atoms with Crippen LogP contribution in [0.1, 0.15) is 103 Å². The Kier molecular flexibility index (Phi) is 18.2. The summed E-state index contributed by atoms with van der Waals surface area (Å²) in [4.78, 5) is 11.3. The summed E-state index contributed by atoms with van der Waals surface area (Å²) < 4.78 is 0. The van der Waals surface area contributed by atoms with Crippen LogP contribution in [0.4, 0.5) is 0 Å². The van der Waals surface area contributed by atoms with Crippen molar-refractivity contribution in [2.75, 3.05) is 13.2 Å². The molecule has 0 saturated carbocycles. The van der Waals surface area contributed by atoms with Crippen molar-refractivity contribution in [2.24, 2.45) is 0 Å². The molecule has 4 heteroatoms. The lowest BCUT2D eigenvalue weighted by molar-refractivity contribution is -0.121. The molecule has 144 valence electrons. The Hall–Kier alpha value is -0.610. The van der Waals surface area contributed by atoms with Crippen LogP contribution in [0.2, 0.25) is 0 Å². The SMILES string of the molecule is CCCCCC[C@@H](O)CCCCCCCCCCC(=O)NCCO. The van der Waals surface area contributed by atoms with Crippen LogP contribution in [-0.4, -0.2) is 35.4 Å². The second-order valence-electron chi connectivity index (χ2n) is 6.94. The molecule has 0 aromatic heterocycles. The van der Waals surface area contributed by atoms with Crippen molar-refractivity contribution in [1.82, 2.24) is 5.32 Å². The normalized spacial score (nSPS) is 12.3. The maximum absolute atomic E-state index is 11.3. The lowest BCUT2D eigenvalue weighted by Gasteiger charge is -2.10. The van der Waals surface area contributed by atoms with E-state index in [-0.39, 0.29) is 18.6 Å². The maximum atomic E-state index is 11.3. The molecule has 0 aromatic rings. The van der Waals surface area contributed by atoms with E-state index < -0.39 is 0 Å². The Morgan fingerprint density at radius 2 is 1.33 bits per heavy atom. The Balaban J connectivity index is 3.18. The molecule has 1 atom stereocenters. The van der Waals surface area contributed by atoms with E-state index in [1.54, 1.807) is 0 Å². The molecule has 0 heterocycles. The first kappa shape index (κ1) is 23.4. The molecular formula is C20H41NO3. The van der Waals surface area contributed by atoms with E-state index in [1.165, 1.54) is 57.8 Å². The largest absolute Gasteiger partial charge is 0.395 e. The average Bonchev–Trinajstić information content (AvgIpc) is 2.58. The van der Waals surface area contributed by atoms with Crippen LogP contribution in [0, 0.1) is 0 Å². The van der Waals surface area contributed by atoms with E-state index >= 15 is 0 Å². The number of carbonyl (C=O) groups excluding carboxylic acids is 1. The molecule has 0 saturated heterocycles. The van der Waals surface area contributed by atoms with E-state index in [9.17, 15) is 9.90 Å². The molecule has 24 heavy (non-hydrogen) atoms. The van der Waals surface area contributed by atoms with Crippen molar-refractivity contribution in [3.63, 3.8) is 0 Å². The van der Waals surface area contributed by atoms with Gasteiger partial charge in [0.05, 0.1) is 12.7 Å². The van der Waals surface area contributed by atoms with Crippen LogP contribution >= 0.6 is 0 Å². The quantitative estimate of drug-likeness (QED) is 0.324. The molecule has 0 rings (SSSR count). The molecule has 0 unspecified atom stereocenters. The summed E-state index contributed by atoms with van der Waals surface area (Å²) in [6.07, 6.45) is 16.8. The molecule has 0 spiro atoms. The fourth-order valence-corrected chi connectivity index (χ4v) is 2.96. The van der Waals surface area contributed by atoms with Gasteiger partial charge in [0.25, 0.3) is 0 Å². The number of carbonyl (C=O) groups is 1. The first-order chi connectivity index (χ1) is 11.7. The minimum absolute atomic E-state index is 0.0155. The Bertz CT molecular complexity index is 272. The van der Waals surface area contributed by atoms with Gasteiger partial charge in [-0.05, 0) is 19.3 Å². The molecule has 0 radical (unpaired) electrons. The van der Waals surface area contributed by atoms with E-state index in [2.05, 4.69) is 12.2 Å². The highest BCUT2D eigenvalue weighted by atomic mass is 16.3. The molecule has 0 aliphatic heterocycles. The highest BCUT2D eigenvalue weighted by molar-refractivity contribution is 5.75. The summed E-state index contributed by atoms with van der Waals surface area (Å²) in [6, 6.07) is 0. The predicted molar refractivity (Wildman–Crippen MR) is 101 cm³/mol. The van der Waals surface area contributed by atoms with Crippen molar-refractivity contribution in [3.05, 3.63) is 0 Å². The number of amides is 1.